The molecule has 174 valence electrons. The number of ether oxygens (including phenoxy) is 1. The van der Waals surface area contributed by atoms with Gasteiger partial charge >= 0.3 is 5.97 Å². The number of likely N-dealkylation sites (tertiary alicyclic amines) is 1. The number of aliphatic hydroxyl groups excluding tert-OH is 1. The van der Waals surface area contributed by atoms with Crippen molar-refractivity contribution in [2.75, 3.05) is 19.7 Å². The Balaban J connectivity index is 1.95. The maximum absolute atomic E-state index is 13.9. The molecular weight excluding hydrogens is 400 g/mol. The van der Waals surface area contributed by atoms with Crippen molar-refractivity contribution in [1.82, 2.24) is 9.80 Å². The second-order valence-electron chi connectivity index (χ2n) is 9.97. The molecule has 3 saturated heterocycles. The molecule has 8 heteroatoms. The summed E-state index contributed by atoms with van der Waals surface area (Å²) in [5, 5.41) is 18.8. The standard InChI is InChI=1S/C23H36N2O6/c1-5-12-25(22(2,3)4)20(28)18-23-11-10-15(31-23)16(21(29)30)17(23)19(27)24(18)13-8-6-7-9-14-26/h5,15-18,26H,1,6-14H2,2-4H3,(H,29,30)/t15-,16+,17+,18?,23?/m1/s1. The minimum Gasteiger partial charge on any atom is -0.481 e. The molecule has 0 aromatic heterocycles. The Labute approximate surface area is 184 Å². The number of unbranched alkanes of at least 4 members (excludes halogenated alkanes) is 3. The maximum atomic E-state index is 13.9. The molecular formula is C23H36N2O6. The predicted octanol–water partition coefficient (Wildman–Crippen LogP) is 1.81. The van der Waals surface area contributed by atoms with Gasteiger partial charge in [0, 0.05) is 25.2 Å². The third-order valence-electron chi connectivity index (χ3n) is 7.01. The Morgan fingerprint density at radius 3 is 2.55 bits per heavy atom. The van der Waals surface area contributed by atoms with E-state index in [1.165, 1.54) is 0 Å². The zero-order valence-corrected chi connectivity index (χ0v) is 18.9. The largest absolute Gasteiger partial charge is 0.481 e. The van der Waals surface area contributed by atoms with E-state index in [9.17, 15) is 19.5 Å². The van der Waals surface area contributed by atoms with Crippen LogP contribution >= 0.6 is 0 Å². The average Bonchev–Trinajstić information content (AvgIpc) is 3.32. The van der Waals surface area contributed by atoms with Crippen LogP contribution in [0.3, 0.4) is 0 Å². The number of hydrogen-bond donors (Lipinski definition) is 2. The van der Waals surface area contributed by atoms with E-state index in [1.807, 2.05) is 20.8 Å². The number of nitrogens with zero attached hydrogens (tertiary/aromatic N) is 2. The topological polar surface area (TPSA) is 107 Å². The van der Waals surface area contributed by atoms with E-state index in [0.29, 0.717) is 38.8 Å². The second-order valence-corrected chi connectivity index (χ2v) is 9.97. The first-order valence-corrected chi connectivity index (χ1v) is 11.3. The minimum atomic E-state index is -1.07. The van der Waals surface area contributed by atoms with Gasteiger partial charge < -0.3 is 24.7 Å². The fraction of sp³-hybridized carbons (Fsp3) is 0.783. The van der Waals surface area contributed by atoms with Crippen LogP contribution in [0.25, 0.3) is 0 Å². The molecule has 3 fully saturated rings. The zero-order chi connectivity index (χ0) is 23.0. The van der Waals surface area contributed by atoms with Crippen molar-refractivity contribution in [3.63, 3.8) is 0 Å². The van der Waals surface area contributed by atoms with E-state index >= 15 is 0 Å². The summed E-state index contributed by atoms with van der Waals surface area (Å²) in [7, 11) is 0. The van der Waals surface area contributed by atoms with E-state index in [-0.39, 0.29) is 18.4 Å². The molecule has 0 aromatic rings. The van der Waals surface area contributed by atoms with Crippen LogP contribution in [-0.2, 0) is 19.1 Å². The lowest BCUT2D eigenvalue weighted by Crippen LogP contribution is -2.59. The highest BCUT2D eigenvalue weighted by atomic mass is 16.5. The monoisotopic (exact) mass is 436 g/mol. The summed E-state index contributed by atoms with van der Waals surface area (Å²) in [6.07, 6.45) is 5.27. The highest BCUT2D eigenvalue weighted by molar-refractivity contribution is 5.98. The van der Waals surface area contributed by atoms with Gasteiger partial charge in [-0.2, -0.15) is 0 Å². The van der Waals surface area contributed by atoms with Crippen molar-refractivity contribution in [3.8, 4) is 0 Å². The summed E-state index contributed by atoms with van der Waals surface area (Å²) in [6, 6.07) is -0.823. The number of carbonyl (C=O) groups is 3. The van der Waals surface area contributed by atoms with Crippen molar-refractivity contribution >= 4 is 17.8 Å². The number of aliphatic carboxylic acids is 1. The third kappa shape index (κ3) is 4.00. The lowest BCUT2D eigenvalue weighted by molar-refractivity contribution is -0.152. The van der Waals surface area contributed by atoms with E-state index in [0.717, 1.165) is 12.8 Å². The van der Waals surface area contributed by atoms with E-state index < -0.39 is 41.1 Å². The molecule has 0 radical (unpaired) electrons. The van der Waals surface area contributed by atoms with E-state index in [4.69, 9.17) is 9.84 Å². The number of fused-ring (bicyclic) bond motifs is 1. The van der Waals surface area contributed by atoms with Crippen molar-refractivity contribution in [1.29, 1.82) is 0 Å². The molecule has 3 aliphatic heterocycles. The van der Waals surface area contributed by atoms with Gasteiger partial charge in [0.25, 0.3) is 0 Å². The number of aliphatic hydroxyl groups is 1. The first-order chi connectivity index (χ1) is 14.6. The van der Waals surface area contributed by atoms with Gasteiger partial charge in [-0.15, -0.1) is 6.58 Å². The Kier molecular flexibility index (Phi) is 6.81. The molecule has 3 heterocycles. The zero-order valence-electron chi connectivity index (χ0n) is 18.9. The number of amides is 2. The summed E-state index contributed by atoms with van der Waals surface area (Å²) in [4.78, 5) is 42.7. The lowest BCUT2D eigenvalue weighted by atomic mass is 9.70. The minimum absolute atomic E-state index is 0.132. The van der Waals surface area contributed by atoms with Crippen LogP contribution in [0.15, 0.2) is 12.7 Å². The Morgan fingerprint density at radius 2 is 1.97 bits per heavy atom. The molecule has 8 nitrogen and oxygen atoms in total. The van der Waals surface area contributed by atoms with Gasteiger partial charge in [0.05, 0.1) is 17.9 Å². The molecule has 1 spiro atoms. The van der Waals surface area contributed by atoms with Crippen molar-refractivity contribution in [3.05, 3.63) is 12.7 Å². The van der Waals surface area contributed by atoms with Gasteiger partial charge in [0.15, 0.2) is 0 Å². The van der Waals surface area contributed by atoms with E-state index in [1.54, 1.807) is 15.9 Å². The summed E-state index contributed by atoms with van der Waals surface area (Å²) in [6.45, 7) is 10.4. The Morgan fingerprint density at radius 1 is 1.29 bits per heavy atom. The van der Waals surface area contributed by atoms with Crippen molar-refractivity contribution in [2.45, 2.75) is 82.6 Å². The molecule has 0 saturated carbocycles. The number of carbonyl (C=O) groups excluding carboxylic acids is 2. The van der Waals surface area contributed by atoms with Gasteiger partial charge in [-0.3, -0.25) is 14.4 Å². The van der Waals surface area contributed by atoms with E-state index in [2.05, 4.69) is 6.58 Å². The second kappa shape index (κ2) is 8.90. The van der Waals surface area contributed by atoms with Gasteiger partial charge in [0.2, 0.25) is 11.8 Å². The highest BCUT2D eigenvalue weighted by Gasteiger charge is 2.74. The summed E-state index contributed by atoms with van der Waals surface area (Å²) >= 11 is 0. The first-order valence-electron chi connectivity index (χ1n) is 11.3. The Bertz CT molecular complexity index is 732. The first kappa shape index (κ1) is 23.7. The van der Waals surface area contributed by atoms with Gasteiger partial charge in [-0.05, 0) is 46.5 Å². The Hall–Kier alpha value is -1.93. The average molecular weight is 437 g/mol. The highest BCUT2D eigenvalue weighted by Crippen LogP contribution is 2.58. The van der Waals surface area contributed by atoms with Gasteiger partial charge in [-0.25, -0.2) is 0 Å². The number of hydrogen-bond acceptors (Lipinski definition) is 5. The van der Waals surface area contributed by atoms with Crippen LogP contribution in [0.1, 0.15) is 59.3 Å². The molecule has 31 heavy (non-hydrogen) atoms. The van der Waals surface area contributed by atoms with Crippen LogP contribution in [0.5, 0.6) is 0 Å². The SMILES string of the molecule is C=CCN(C(=O)C1N(CCCCCCO)C(=O)[C@@H]2[C@@H](C(=O)O)[C@H]3CCC12O3)C(C)(C)C. The van der Waals surface area contributed by atoms with Crippen LogP contribution in [-0.4, -0.2) is 80.8 Å². The normalized spacial score (nSPS) is 31.7. The molecule has 3 aliphatic rings. The number of carboxylic acid groups (broad SMARTS) is 1. The molecule has 0 aliphatic carbocycles. The van der Waals surface area contributed by atoms with Gasteiger partial charge in [0.1, 0.15) is 11.6 Å². The molecule has 3 rings (SSSR count). The molecule has 2 amide bonds. The maximum Gasteiger partial charge on any atom is 0.310 e. The van der Waals surface area contributed by atoms with Crippen LogP contribution in [0, 0.1) is 11.8 Å². The summed E-state index contributed by atoms with van der Waals surface area (Å²) in [5.41, 5.74) is -1.56. The number of rotatable bonds is 10. The third-order valence-corrected chi connectivity index (χ3v) is 7.01. The van der Waals surface area contributed by atoms with Crippen LogP contribution < -0.4 is 0 Å². The molecule has 2 N–H and O–H groups in total. The number of carboxylic acids is 1. The fourth-order valence-corrected chi connectivity index (χ4v) is 5.67. The smallest absolute Gasteiger partial charge is 0.310 e. The van der Waals surface area contributed by atoms with Crippen LogP contribution in [0.2, 0.25) is 0 Å². The molecule has 5 atom stereocenters. The predicted molar refractivity (Wildman–Crippen MR) is 114 cm³/mol. The van der Waals surface area contributed by atoms with Crippen molar-refractivity contribution < 1.29 is 29.3 Å². The van der Waals surface area contributed by atoms with Crippen molar-refractivity contribution in [2.24, 2.45) is 11.8 Å². The quantitative estimate of drug-likeness (QED) is 0.400. The van der Waals surface area contributed by atoms with Gasteiger partial charge in [-0.1, -0.05) is 18.9 Å². The fourth-order valence-electron chi connectivity index (χ4n) is 5.67. The molecule has 2 bridgehead atoms. The summed E-state index contributed by atoms with van der Waals surface area (Å²) in [5.74, 6) is -3.23. The van der Waals surface area contributed by atoms with Crippen LogP contribution in [0.4, 0.5) is 0 Å². The summed E-state index contributed by atoms with van der Waals surface area (Å²) < 4.78 is 6.23. The molecule has 2 unspecified atom stereocenters. The molecule has 0 aromatic carbocycles. The lowest BCUT2D eigenvalue weighted by Gasteiger charge is -2.42.